The summed E-state index contributed by atoms with van der Waals surface area (Å²) in [7, 11) is 0. The molecule has 1 atom stereocenters. The van der Waals surface area contributed by atoms with Crippen LogP contribution >= 0.6 is 11.3 Å². The number of hydrogen-bond donors (Lipinski definition) is 2. The second-order valence-electron chi connectivity index (χ2n) is 5.01. The lowest BCUT2D eigenvalue weighted by Crippen LogP contribution is -2.33. The Morgan fingerprint density at radius 3 is 2.89 bits per heavy atom. The minimum atomic E-state index is 0.757. The maximum Gasteiger partial charge on any atom is 0.123 e. The van der Waals surface area contributed by atoms with Crippen LogP contribution in [0.3, 0.4) is 0 Å². The van der Waals surface area contributed by atoms with Crippen molar-refractivity contribution < 1.29 is 0 Å². The van der Waals surface area contributed by atoms with Gasteiger partial charge in [-0.1, -0.05) is 0 Å². The molecule has 0 bridgehead atoms. The van der Waals surface area contributed by atoms with E-state index in [4.69, 9.17) is 0 Å². The fourth-order valence-electron chi connectivity index (χ4n) is 2.46. The number of aromatic nitrogens is 1. The third-order valence-corrected chi connectivity index (χ3v) is 4.38. The molecule has 0 amide bonds. The maximum atomic E-state index is 4.33. The van der Waals surface area contributed by atoms with Gasteiger partial charge in [0.05, 0.1) is 0 Å². The van der Waals surface area contributed by atoms with E-state index in [9.17, 15) is 0 Å². The molecule has 0 radical (unpaired) electrons. The minimum Gasteiger partial charge on any atom is -0.385 e. The van der Waals surface area contributed by atoms with Gasteiger partial charge in [-0.3, -0.25) is 0 Å². The third kappa shape index (κ3) is 3.33. The predicted molar refractivity (Wildman–Crippen MR) is 81.6 cm³/mol. The zero-order chi connectivity index (χ0) is 12.9. The number of benzene rings is 1. The van der Waals surface area contributed by atoms with Gasteiger partial charge in [-0.25, -0.2) is 4.98 Å². The number of nitrogens with zero attached hydrogens (tertiary/aromatic N) is 1. The summed E-state index contributed by atoms with van der Waals surface area (Å²) >= 11 is 1.68. The molecule has 0 spiro atoms. The number of hydrogen-bond acceptors (Lipinski definition) is 4. The maximum absolute atomic E-state index is 4.33. The summed E-state index contributed by atoms with van der Waals surface area (Å²) < 4.78 is 0. The van der Waals surface area contributed by atoms with Crippen LogP contribution in [-0.2, 0) is 0 Å². The van der Waals surface area contributed by atoms with Crippen LogP contribution in [0.5, 0.6) is 0 Å². The van der Waals surface area contributed by atoms with E-state index >= 15 is 0 Å². The Hall–Kier alpha value is -1.39. The number of thiazole rings is 1. The average molecular weight is 273 g/mol. The first-order chi connectivity index (χ1) is 9.42. The first-order valence-electron chi connectivity index (χ1n) is 6.86. The summed E-state index contributed by atoms with van der Waals surface area (Å²) in [6.45, 7) is 3.38. The Morgan fingerprint density at radius 2 is 2.21 bits per heavy atom. The SMILES string of the molecule is c1csc(-c2ccc(NCC3CCCNC3)cc2)n1. The second-order valence-corrected chi connectivity index (χ2v) is 5.90. The first-order valence-corrected chi connectivity index (χ1v) is 7.74. The van der Waals surface area contributed by atoms with Crippen LogP contribution in [0.2, 0.25) is 0 Å². The normalized spacial score (nSPS) is 19.3. The largest absolute Gasteiger partial charge is 0.385 e. The van der Waals surface area contributed by atoms with Gasteiger partial charge in [-0.05, 0) is 56.1 Å². The molecule has 1 unspecified atom stereocenters. The molecule has 19 heavy (non-hydrogen) atoms. The predicted octanol–water partition coefficient (Wildman–Crippen LogP) is 3.22. The fraction of sp³-hybridized carbons (Fsp3) is 0.400. The molecule has 1 saturated heterocycles. The topological polar surface area (TPSA) is 37.0 Å². The van der Waals surface area contributed by atoms with Crippen LogP contribution in [0.15, 0.2) is 35.8 Å². The lowest BCUT2D eigenvalue weighted by Gasteiger charge is -2.23. The molecule has 1 aliphatic heterocycles. The summed E-state index contributed by atoms with van der Waals surface area (Å²) in [5.41, 5.74) is 2.39. The third-order valence-electron chi connectivity index (χ3n) is 3.56. The molecule has 2 aromatic rings. The number of piperidine rings is 1. The van der Waals surface area contributed by atoms with Gasteiger partial charge in [0, 0.05) is 29.4 Å². The number of rotatable bonds is 4. The van der Waals surface area contributed by atoms with Crippen molar-refractivity contribution in [1.82, 2.24) is 10.3 Å². The van der Waals surface area contributed by atoms with E-state index in [1.54, 1.807) is 11.3 Å². The summed E-state index contributed by atoms with van der Waals surface area (Å²) in [4.78, 5) is 4.33. The first kappa shape index (κ1) is 12.6. The van der Waals surface area contributed by atoms with Crippen molar-refractivity contribution in [2.45, 2.75) is 12.8 Å². The summed E-state index contributed by atoms with van der Waals surface area (Å²) in [5.74, 6) is 0.757. The van der Waals surface area contributed by atoms with Crippen molar-refractivity contribution in [2.24, 2.45) is 5.92 Å². The Morgan fingerprint density at radius 1 is 1.32 bits per heavy atom. The zero-order valence-electron chi connectivity index (χ0n) is 10.9. The lowest BCUT2D eigenvalue weighted by atomic mass is 10.00. The van der Waals surface area contributed by atoms with E-state index in [1.807, 2.05) is 11.6 Å². The van der Waals surface area contributed by atoms with E-state index in [1.165, 1.54) is 30.6 Å². The quantitative estimate of drug-likeness (QED) is 0.898. The van der Waals surface area contributed by atoms with E-state index in [-0.39, 0.29) is 0 Å². The minimum absolute atomic E-state index is 0.757. The van der Waals surface area contributed by atoms with Gasteiger partial charge in [0.1, 0.15) is 5.01 Å². The van der Waals surface area contributed by atoms with Gasteiger partial charge in [0.2, 0.25) is 0 Å². The van der Waals surface area contributed by atoms with Crippen LogP contribution in [0, 0.1) is 5.92 Å². The Balaban J connectivity index is 1.57. The summed E-state index contributed by atoms with van der Waals surface area (Å²) in [6, 6.07) is 8.57. The molecule has 3 nitrogen and oxygen atoms in total. The highest BCUT2D eigenvalue weighted by molar-refractivity contribution is 7.13. The molecule has 1 aliphatic rings. The molecular formula is C15H19N3S. The van der Waals surface area contributed by atoms with Crippen molar-refractivity contribution in [1.29, 1.82) is 0 Å². The summed E-state index contributed by atoms with van der Waals surface area (Å²) in [6.07, 6.45) is 4.48. The molecule has 0 aliphatic carbocycles. The highest BCUT2D eigenvalue weighted by atomic mass is 32.1. The monoisotopic (exact) mass is 273 g/mol. The van der Waals surface area contributed by atoms with Gasteiger partial charge >= 0.3 is 0 Å². The van der Waals surface area contributed by atoms with Crippen molar-refractivity contribution in [3.8, 4) is 10.6 Å². The van der Waals surface area contributed by atoms with Gasteiger partial charge in [-0.15, -0.1) is 11.3 Å². The molecule has 0 saturated carbocycles. The highest BCUT2D eigenvalue weighted by Crippen LogP contribution is 2.23. The number of nitrogens with one attached hydrogen (secondary N) is 2. The standard InChI is InChI=1S/C15H19N3S/c1-2-12(10-16-7-1)11-18-14-5-3-13(4-6-14)15-17-8-9-19-15/h3-6,8-9,12,16,18H,1-2,7,10-11H2. The molecule has 3 rings (SSSR count). The molecule has 1 fully saturated rings. The van der Waals surface area contributed by atoms with E-state index < -0.39 is 0 Å². The molecule has 2 heterocycles. The highest BCUT2D eigenvalue weighted by Gasteiger charge is 2.12. The van der Waals surface area contributed by atoms with Crippen molar-refractivity contribution in [3.05, 3.63) is 35.8 Å². The fourth-order valence-corrected chi connectivity index (χ4v) is 3.10. The molecule has 4 heteroatoms. The van der Waals surface area contributed by atoms with E-state index in [2.05, 4.69) is 39.9 Å². The molecular weight excluding hydrogens is 254 g/mol. The smallest absolute Gasteiger partial charge is 0.123 e. The van der Waals surface area contributed by atoms with Gasteiger partial charge < -0.3 is 10.6 Å². The Kier molecular flexibility index (Phi) is 4.10. The Labute approximate surface area is 118 Å². The van der Waals surface area contributed by atoms with Crippen LogP contribution in [0.1, 0.15) is 12.8 Å². The van der Waals surface area contributed by atoms with Crippen molar-refractivity contribution in [2.75, 3.05) is 25.0 Å². The Bertz CT molecular complexity index is 487. The van der Waals surface area contributed by atoms with E-state index in [0.29, 0.717) is 0 Å². The van der Waals surface area contributed by atoms with Crippen molar-refractivity contribution in [3.63, 3.8) is 0 Å². The molecule has 1 aromatic heterocycles. The van der Waals surface area contributed by atoms with Crippen LogP contribution in [-0.4, -0.2) is 24.6 Å². The summed E-state index contributed by atoms with van der Waals surface area (Å²) in [5, 5.41) is 10.1. The average Bonchev–Trinajstić information content (AvgIpc) is 3.01. The van der Waals surface area contributed by atoms with E-state index in [0.717, 1.165) is 24.0 Å². The van der Waals surface area contributed by atoms with Crippen molar-refractivity contribution >= 4 is 17.0 Å². The lowest BCUT2D eigenvalue weighted by molar-refractivity contribution is 0.393. The number of anilines is 1. The zero-order valence-corrected chi connectivity index (χ0v) is 11.7. The van der Waals surface area contributed by atoms with Gasteiger partial charge in [0.25, 0.3) is 0 Å². The second kappa shape index (κ2) is 6.17. The molecule has 1 aromatic carbocycles. The van der Waals surface area contributed by atoms with Crippen LogP contribution < -0.4 is 10.6 Å². The van der Waals surface area contributed by atoms with Gasteiger partial charge in [-0.2, -0.15) is 0 Å². The van der Waals surface area contributed by atoms with Gasteiger partial charge in [0.15, 0.2) is 0 Å². The molecule has 100 valence electrons. The van der Waals surface area contributed by atoms with Crippen LogP contribution in [0.4, 0.5) is 5.69 Å². The molecule has 2 N–H and O–H groups in total. The van der Waals surface area contributed by atoms with Crippen LogP contribution in [0.25, 0.3) is 10.6 Å².